The number of hydrogen-bond acceptors (Lipinski definition) is 3. The van der Waals surface area contributed by atoms with E-state index in [0.29, 0.717) is 6.73 Å². The topological polar surface area (TPSA) is 25.4 Å². The van der Waals surface area contributed by atoms with Gasteiger partial charge in [-0.3, -0.25) is 9.88 Å². The Hall–Kier alpha value is -1.61. The fourth-order valence-electron chi connectivity index (χ4n) is 2.27. The molecule has 1 aromatic heterocycles. The third-order valence-corrected chi connectivity index (χ3v) is 3.48. The van der Waals surface area contributed by atoms with Crippen molar-refractivity contribution in [2.45, 2.75) is 32.9 Å². The van der Waals surface area contributed by atoms with Crippen molar-refractivity contribution in [3.63, 3.8) is 0 Å². The minimum Gasteiger partial charge on any atom is -0.475 e. The summed E-state index contributed by atoms with van der Waals surface area (Å²) in [5.74, 6) is 0.952. The maximum atomic E-state index is 5.94. The van der Waals surface area contributed by atoms with Gasteiger partial charge in [-0.2, -0.15) is 0 Å². The van der Waals surface area contributed by atoms with Crippen LogP contribution < -0.4 is 4.74 Å². The molecule has 0 saturated carbocycles. The third kappa shape index (κ3) is 1.85. The normalized spacial score (nSPS) is 16.4. The molecule has 3 heteroatoms. The number of aromatic nitrogens is 1. The Morgan fingerprint density at radius 2 is 2.06 bits per heavy atom. The van der Waals surface area contributed by atoms with Gasteiger partial charge in [0.05, 0.1) is 0 Å². The van der Waals surface area contributed by atoms with Crippen LogP contribution in [-0.2, 0) is 6.54 Å². The number of benzene rings is 1. The fraction of sp³-hybridized carbons (Fsp3) is 0.400. The molecule has 2 aromatic rings. The Morgan fingerprint density at radius 3 is 2.83 bits per heavy atom. The summed E-state index contributed by atoms with van der Waals surface area (Å²) in [5, 5.41) is 1.14. The lowest BCUT2D eigenvalue weighted by atomic mass is 10.0. The second kappa shape index (κ2) is 3.95. The number of pyridine rings is 1. The lowest BCUT2D eigenvalue weighted by Crippen LogP contribution is -2.45. The van der Waals surface area contributed by atoms with E-state index in [-0.39, 0.29) is 5.54 Å². The molecule has 3 nitrogen and oxygen atoms in total. The van der Waals surface area contributed by atoms with Crippen molar-refractivity contribution in [1.29, 1.82) is 0 Å². The Bertz CT molecular complexity index is 587. The monoisotopic (exact) mass is 242 g/mol. The minimum absolute atomic E-state index is 0.122. The average Bonchev–Trinajstić information content (AvgIpc) is 2.37. The zero-order valence-electron chi connectivity index (χ0n) is 11.1. The maximum absolute atomic E-state index is 5.94. The molecular weight excluding hydrogens is 224 g/mol. The standard InChI is InChI=1S/C15H18N2O/c1-15(2,3)17-9-12-7-6-11-5-4-8-16-13(11)14(12)18-10-17/h4-8H,9-10H2,1-3H3. The van der Waals surface area contributed by atoms with Crippen molar-refractivity contribution < 1.29 is 4.74 Å². The van der Waals surface area contributed by atoms with E-state index in [1.54, 1.807) is 0 Å². The highest BCUT2D eigenvalue weighted by Crippen LogP contribution is 2.34. The molecule has 18 heavy (non-hydrogen) atoms. The van der Waals surface area contributed by atoms with E-state index in [4.69, 9.17) is 4.74 Å². The number of nitrogens with zero attached hydrogens (tertiary/aromatic N) is 2. The van der Waals surface area contributed by atoms with Crippen LogP contribution in [-0.4, -0.2) is 22.2 Å². The first kappa shape index (κ1) is 11.5. The van der Waals surface area contributed by atoms with Crippen LogP contribution in [0.3, 0.4) is 0 Å². The van der Waals surface area contributed by atoms with Gasteiger partial charge in [0.1, 0.15) is 12.2 Å². The van der Waals surface area contributed by atoms with Gasteiger partial charge in [0.15, 0.2) is 5.75 Å². The van der Waals surface area contributed by atoms with Crippen molar-refractivity contribution >= 4 is 10.9 Å². The highest BCUT2D eigenvalue weighted by atomic mass is 16.5. The molecule has 1 aliphatic heterocycles. The molecule has 1 aliphatic rings. The quantitative estimate of drug-likeness (QED) is 0.709. The Kier molecular flexibility index (Phi) is 2.52. The fourth-order valence-corrected chi connectivity index (χ4v) is 2.27. The van der Waals surface area contributed by atoms with Crippen LogP contribution in [0.5, 0.6) is 5.75 Å². The van der Waals surface area contributed by atoms with E-state index in [1.807, 2.05) is 12.3 Å². The first-order chi connectivity index (χ1) is 8.55. The summed E-state index contributed by atoms with van der Waals surface area (Å²) in [5.41, 5.74) is 2.32. The van der Waals surface area contributed by atoms with Gasteiger partial charge in [0.25, 0.3) is 0 Å². The van der Waals surface area contributed by atoms with E-state index in [9.17, 15) is 0 Å². The van der Waals surface area contributed by atoms with Crippen LogP contribution in [0.1, 0.15) is 26.3 Å². The number of ether oxygens (including phenoxy) is 1. The molecule has 2 heterocycles. The van der Waals surface area contributed by atoms with Gasteiger partial charge in [0.2, 0.25) is 0 Å². The summed E-state index contributed by atoms with van der Waals surface area (Å²) in [7, 11) is 0. The molecule has 0 spiro atoms. The first-order valence-corrected chi connectivity index (χ1v) is 6.30. The number of hydrogen-bond donors (Lipinski definition) is 0. The molecule has 0 saturated heterocycles. The molecule has 0 N–H and O–H groups in total. The SMILES string of the molecule is CC(C)(C)N1COc2c(ccc3cccnc23)C1. The molecule has 0 atom stereocenters. The van der Waals surface area contributed by atoms with Gasteiger partial charge in [-0.25, -0.2) is 0 Å². The maximum Gasteiger partial charge on any atom is 0.152 e. The van der Waals surface area contributed by atoms with Gasteiger partial charge < -0.3 is 4.74 Å². The Balaban J connectivity index is 2.06. The van der Waals surface area contributed by atoms with E-state index in [0.717, 1.165) is 23.2 Å². The molecule has 0 fully saturated rings. The van der Waals surface area contributed by atoms with E-state index >= 15 is 0 Å². The molecule has 94 valence electrons. The molecule has 1 aromatic carbocycles. The molecule has 0 amide bonds. The largest absolute Gasteiger partial charge is 0.475 e. The van der Waals surface area contributed by atoms with Crippen molar-refractivity contribution in [3.8, 4) is 5.75 Å². The van der Waals surface area contributed by atoms with Gasteiger partial charge in [0, 0.05) is 29.2 Å². The van der Waals surface area contributed by atoms with E-state index in [1.165, 1.54) is 5.56 Å². The molecule has 3 rings (SSSR count). The van der Waals surface area contributed by atoms with Gasteiger partial charge in [-0.15, -0.1) is 0 Å². The van der Waals surface area contributed by atoms with Crippen LogP contribution in [0.25, 0.3) is 10.9 Å². The summed E-state index contributed by atoms with van der Waals surface area (Å²) in [6.07, 6.45) is 1.82. The lowest BCUT2D eigenvalue weighted by molar-refractivity contribution is 0.0228. The zero-order chi connectivity index (χ0) is 12.8. The molecule has 0 aliphatic carbocycles. The number of rotatable bonds is 0. The highest BCUT2D eigenvalue weighted by Gasteiger charge is 2.27. The van der Waals surface area contributed by atoms with Gasteiger partial charge in [-0.05, 0) is 26.8 Å². The van der Waals surface area contributed by atoms with E-state index in [2.05, 4.69) is 48.9 Å². The second-order valence-corrected chi connectivity index (χ2v) is 5.77. The molecule has 0 unspecified atom stereocenters. The van der Waals surface area contributed by atoms with Crippen LogP contribution >= 0.6 is 0 Å². The molecular formula is C15H18N2O. The van der Waals surface area contributed by atoms with Gasteiger partial charge >= 0.3 is 0 Å². The van der Waals surface area contributed by atoms with Gasteiger partial charge in [-0.1, -0.05) is 18.2 Å². The van der Waals surface area contributed by atoms with Crippen LogP contribution in [0.2, 0.25) is 0 Å². The van der Waals surface area contributed by atoms with Crippen LogP contribution in [0, 0.1) is 0 Å². The molecule has 0 radical (unpaired) electrons. The summed E-state index contributed by atoms with van der Waals surface area (Å²) >= 11 is 0. The second-order valence-electron chi connectivity index (χ2n) is 5.77. The highest BCUT2D eigenvalue weighted by molar-refractivity contribution is 5.85. The van der Waals surface area contributed by atoms with E-state index < -0.39 is 0 Å². The average molecular weight is 242 g/mol. The predicted molar refractivity (Wildman–Crippen MR) is 72.5 cm³/mol. The van der Waals surface area contributed by atoms with Crippen LogP contribution in [0.15, 0.2) is 30.5 Å². The summed E-state index contributed by atoms with van der Waals surface area (Å²) in [4.78, 5) is 6.76. The Labute approximate surface area is 107 Å². The predicted octanol–water partition coefficient (Wildman–Crippen LogP) is 3.19. The van der Waals surface area contributed by atoms with Crippen molar-refractivity contribution in [2.24, 2.45) is 0 Å². The smallest absolute Gasteiger partial charge is 0.152 e. The summed E-state index contributed by atoms with van der Waals surface area (Å²) < 4.78 is 5.94. The Morgan fingerprint density at radius 1 is 1.22 bits per heavy atom. The summed E-state index contributed by atoms with van der Waals surface area (Å²) in [6, 6.07) is 8.30. The third-order valence-electron chi connectivity index (χ3n) is 3.48. The molecule has 0 bridgehead atoms. The van der Waals surface area contributed by atoms with Crippen LogP contribution in [0.4, 0.5) is 0 Å². The van der Waals surface area contributed by atoms with Crippen molar-refractivity contribution in [2.75, 3.05) is 6.73 Å². The van der Waals surface area contributed by atoms with Crippen molar-refractivity contribution in [1.82, 2.24) is 9.88 Å². The van der Waals surface area contributed by atoms with Crippen molar-refractivity contribution in [3.05, 3.63) is 36.0 Å². The summed E-state index contributed by atoms with van der Waals surface area (Å²) in [6.45, 7) is 8.18. The first-order valence-electron chi connectivity index (χ1n) is 6.30. The lowest BCUT2D eigenvalue weighted by Gasteiger charge is -2.38. The number of fused-ring (bicyclic) bond motifs is 3. The zero-order valence-corrected chi connectivity index (χ0v) is 11.1. The minimum atomic E-state index is 0.122.